The first kappa shape index (κ1) is 12.3. The van der Waals surface area contributed by atoms with Crippen LogP contribution in [0.25, 0.3) is 5.69 Å². The van der Waals surface area contributed by atoms with Crippen molar-refractivity contribution in [2.24, 2.45) is 0 Å². The number of aryl methyl sites for hydroxylation is 1. The van der Waals surface area contributed by atoms with E-state index in [1.165, 1.54) is 0 Å². The lowest BCUT2D eigenvalue weighted by Crippen LogP contribution is -2.05. The molecule has 0 bridgehead atoms. The second-order valence-corrected chi connectivity index (χ2v) is 3.82. The molecular weight excluding hydrogens is 230 g/mol. The zero-order chi connectivity index (χ0) is 12.8. The molecule has 0 amide bonds. The first-order valence-corrected chi connectivity index (χ1v) is 5.91. The fraction of sp³-hybridized carbons (Fsp3) is 0.308. The van der Waals surface area contributed by atoms with Crippen LogP contribution >= 0.6 is 0 Å². The molecule has 0 aliphatic heterocycles. The number of carbonyl (C=O) groups excluding carboxylic acids is 1. The van der Waals surface area contributed by atoms with Crippen LogP contribution in [0.1, 0.15) is 18.9 Å². The maximum Gasteiger partial charge on any atom is 0.306 e. The molecule has 0 aliphatic rings. The quantitative estimate of drug-likeness (QED) is 0.753. The summed E-state index contributed by atoms with van der Waals surface area (Å²) in [6.07, 6.45) is 4.48. The zero-order valence-electron chi connectivity index (χ0n) is 10.2. The molecule has 94 valence electrons. The third-order valence-electron chi connectivity index (χ3n) is 2.52. The minimum Gasteiger partial charge on any atom is -0.466 e. The molecule has 0 saturated carbocycles. The number of rotatable bonds is 5. The van der Waals surface area contributed by atoms with Crippen LogP contribution in [0.5, 0.6) is 0 Å². The number of nitrogens with zero attached hydrogens (tertiary/aromatic N) is 3. The highest BCUT2D eigenvalue weighted by Crippen LogP contribution is 2.11. The summed E-state index contributed by atoms with van der Waals surface area (Å²) < 4.78 is 6.59. The lowest BCUT2D eigenvalue weighted by Gasteiger charge is -2.05. The van der Waals surface area contributed by atoms with Gasteiger partial charge in [-0.3, -0.25) is 4.79 Å². The number of carbonyl (C=O) groups is 1. The van der Waals surface area contributed by atoms with Gasteiger partial charge in [-0.1, -0.05) is 17.3 Å². The van der Waals surface area contributed by atoms with Crippen molar-refractivity contribution >= 4 is 5.97 Å². The SMILES string of the molecule is CCOC(=O)CCc1cccc(-n2ccnn2)c1. The molecule has 0 N–H and O–H groups in total. The van der Waals surface area contributed by atoms with E-state index in [0.29, 0.717) is 19.4 Å². The van der Waals surface area contributed by atoms with Crippen molar-refractivity contribution in [2.75, 3.05) is 6.61 Å². The summed E-state index contributed by atoms with van der Waals surface area (Å²) in [5.74, 6) is -0.163. The maximum atomic E-state index is 11.3. The van der Waals surface area contributed by atoms with Crippen LogP contribution in [0.3, 0.4) is 0 Å². The minimum absolute atomic E-state index is 0.163. The molecule has 5 heteroatoms. The van der Waals surface area contributed by atoms with Gasteiger partial charge in [0.05, 0.1) is 24.7 Å². The van der Waals surface area contributed by atoms with E-state index in [-0.39, 0.29) is 5.97 Å². The molecule has 0 radical (unpaired) electrons. The summed E-state index contributed by atoms with van der Waals surface area (Å²) in [5.41, 5.74) is 2.02. The first-order valence-electron chi connectivity index (χ1n) is 5.91. The van der Waals surface area contributed by atoms with E-state index in [1.807, 2.05) is 31.2 Å². The van der Waals surface area contributed by atoms with Gasteiger partial charge in [0.2, 0.25) is 0 Å². The number of benzene rings is 1. The van der Waals surface area contributed by atoms with Crippen molar-refractivity contribution in [3.8, 4) is 5.69 Å². The molecule has 0 unspecified atom stereocenters. The highest BCUT2D eigenvalue weighted by molar-refractivity contribution is 5.69. The smallest absolute Gasteiger partial charge is 0.306 e. The number of ether oxygens (including phenoxy) is 1. The van der Waals surface area contributed by atoms with Crippen LogP contribution in [-0.2, 0) is 16.0 Å². The third-order valence-corrected chi connectivity index (χ3v) is 2.52. The summed E-state index contributed by atoms with van der Waals surface area (Å²) in [6, 6.07) is 7.87. The molecule has 2 rings (SSSR count). The summed E-state index contributed by atoms with van der Waals surface area (Å²) in [6.45, 7) is 2.24. The highest BCUT2D eigenvalue weighted by Gasteiger charge is 2.04. The van der Waals surface area contributed by atoms with Gasteiger partial charge in [0.1, 0.15) is 0 Å². The molecule has 1 aromatic heterocycles. The average Bonchev–Trinajstić information content (AvgIpc) is 2.91. The Kier molecular flexibility index (Phi) is 4.06. The van der Waals surface area contributed by atoms with Gasteiger partial charge in [-0.2, -0.15) is 0 Å². The van der Waals surface area contributed by atoms with Crippen LogP contribution in [0.2, 0.25) is 0 Å². The molecule has 0 spiro atoms. The Bertz CT molecular complexity index is 509. The largest absolute Gasteiger partial charge is 0.466 e. The molecule has 0 saturated heterocycles. The van der Waals surface area contributed by atoms with Gasteiger partial charge >= 0.3 is 5.97 Å². The van der Waals surface area contributed by atoms with E-state index in [2.05, 4.69) is 10.3 Å². The minimum atomic E-state index is -0.163. The lowest BCUT2D eigenvalue weighted by molar-refractivity contribution is -0.143. The summed E-state index contributed by atoms with van der Waals surface area (Å²) in [7, 11) is 0. The van der Waals surface area contributed by atoms with Gasteiger partial charge < -0.3 is 4.74 Å². The summed E-state index contributed by atoms with van der Waals surface area (Å²) in [4.78, 5) is 11.3. The van der Waals surface area contributed by atoms with Gasteiger partial charge in [-0.05, 0) is 31.0 Å². The van der Waals surface area contributed by atoms with E-state index >= 15 is 0 Å². The Morgan fingerprint density at radius 3 is 3.06 bits per heavy atom. The van der Waals surface area contributed by atoms with Crippen LogP contribution in [0.15, 0.2) is 36.7 Å². The molecule has 2 aromatic rings. The first-order chi connectivity index (χ1) is 8.79. The molecule has 1 aromatic carbocycles. The number of aromatic nitrogens is 3. The van der Waals surface area contributed by atoms with Gasteiger partial charge in [0, 0.05) is 6.42 Å². The van der Waals surface area contributed by atoms with Gasteiger partial charge in [0.15, 0.2) is 0 Å². The van der Waals surface area contributed by atoms with Crippen molar-refractivity contribution < 1.29 is 9.53 Å². The van der Waals surface area contributed by atoms with Crippen molar-refractivity contribution in [3.63, 3.8) is 0 Å². The summed E-state index contributed by atoms with van der Waals surface area (Å²) in [5, 5.41) is 7.69. The predicted molar refractivity (Wildman–Crippen MR) is 66.3 cm³/mol. The van der Waals surface area contributed by atoms with Crippen LogP contribution in [-0.4, -0.2) is 27.6 Å². The normalized spacial score (nSPS) is 10.3. The molecule has 5 nitrogen and oxygen atoms in total. The van der Waals surface area contributed by atoms with Crippen LogP contribution < -0.4 is 0 Å². The van der Waals surface area contributed by atoms with Crippen molar-refractivity contribution in [2.45, 2.75) is 19.8 Å². The van der Waals surface area contributed by atoms with E-state index in [4.69, 9.17) is 4.74 Å². The zero-order valence-corrected chi connectivity index (χ0v) is 10.2. The Hall–Kier alpha value is -2.17. The Morgan fingerprint density at radius 1 is 1.44 bits per heavy atom. The van der Waals surface area contributed by atoms with E-state index in [1.54, 1.807) is 17.1 Å². The topological polar surface area (TPSA) is 57.0 Å². The second-order valence-electron chi connectivity index (χ2n) is 3.82. The predicted octanol–water partition coefficient (Wildman–Crippen LogP) is 1.76. The number of hydrogen-bond donors (Lipinski definition) is 0. The maximum absolute atomic E-state index is 11.3. The molecule has 0 fully saturated rings. The molecule has 0 atom stereocenters. The Balaban J connectivity index is 2.02. The van der Waals surface area contributed by atoms with Crippen molar-refractivity contribution in [1.29, 1.82) is 0 Å². The van der Waals surface area contributed by atoms with E-state index in [9.17, 15) is 4.79 Å². The summed E-state index contributed by atoms with van der Waals surface area (Å²) >= 11 is 0. The third kappa shape index (κ3) is 3.16. The highest BCUT2D eigenvalue weighted by atomic mass is 16.5. The molecular formula is C13H15N3O2. The Morgan fingerprint density at radius 2 is 2.33 bits per heavy atom. The number of esters is 1. The van der Waals surface area contributed by atoms with Crippen molar-refractivity contribution in [1.82, 2.24) is 15.0 Å². The van der Waals surface area contributed by atoms with Gasteiger partial charge in [0.25, 0.3) is 0 Å². The Labute approximate surface area is 105 Å². The fourth-order valence-electron chi connectivity index (χ4n) is 1.68. The second kappa shape index (κ2) is 5.95. The monoisotopic (exact) mass is 245 g/mol. The van der Waals surface area contributed by atoms with Gasteiger partial charge in [-0.25, -0.2) is 4.68 Å². The van der Waals surface area contributed by atoms with Crippen LogP contribution in [0.4, 0.5) is 0 Å². The molecule has 18 heavy (non-hydrogen) atoms. The van der Waals surface area contributed by atoms with Crippen molar-refractivity contribution in [3.05, 3.63) is 42.2 Å². The van der Waals surface area contributed by atoms with Gasteiger partial charge in [-0.15, -0.1) is 5.10 Å². The molecule has 1 heterocycles. The number of hydrogen-bond acceptors (Lipinski definition) is 4. The average molecular weight is 245 g/mol. The fourth-order valence-corrected chi connectivity index (χ4v) is 1.68. The van der Waals surface area contributed by atoms with Crippen LogP contribution in [0, 0.1) is 0 Å². The standard InChI is InChI=1S/C13H15N3O2/c1-2-18-13(17)7-6-11-4-3-5-12(10-11)16-9-8-14-15-16/h3-5,8-10H,2,6-7H2,1H3. The lowest BCUT2D eigenvalue weighted by atomic mass is 10.1. The van der Waals surface area contributed by atoms with E-state index in [0.717, 1.165) is 11.3 Å². The molecule has 0 aliphatic carbocycles. The van der Waals surface area contributed by atoms with E-state index < -0.39 is 0 Å².